The summed E-state index contributed by atoms with van der Waals surface area (Å²) in [6.07, 6.45) is 0.878. The van der Waals surface area contributed by atoms with Crippen LogP contribution >= 0.6 is 51.5 Å². The van der Waals surface area contributed by atoms with Gasteiger partial charge in [0.2, 0.25) is 0 Å². The first-order chi connectivity index (χ1) is 18.7. The number of hydrogen-bond donors (Lipinski definition) is 2. The van der Waals surface area contributed by atoms with Crippen LogP contribution in [0.2, 0.25) is 0 Å². The summed E-state index contributed by atoms with van der Waals surface area (Å²) in [5, 5.41) is 7.58. The number of rotatable bonds is 8. The molecule has 0 amide bonds. The summed E-state index contributed by atoms with van der Waals surface area (Å²) in [5.41, 5.74) is 5.77. The molecule has 1 atom stereocenters. The number of hydrogen-bond acceptors (Lipinski definition) is 9. The molecule has 0 aliphatic rings. The standard InChI is InChI=1S/C25H24F2IN8PS2/c1-11-12(2)30-20(10-29-11)33-19-9-17(21-23(34-19)36(37-28)24(35-21)22(26)27)32-16-7-6-15(8-18(16)38-5)25-31-13(3)14(4)39-25/h6-10,22,37H,1-5H3,(H2,30,32,33,34). The van der Waals surface area contributed by atoms with Gasteiger partial charge in [-0.1, -0.05) is 0 Å². The van der Waals surface area contributed by atoms with Crippen molar-refractivity contribution in [1.82, 2.24) is 29.3 Å². The number of imidazole rings is 1. The molecule has 5 aromatic rings. The minimum absolute atomic E-state index is 0.00625. The number of alkyl halides is 2. The van der Waals surface area contributed by atoms with Crippen LogP contribution in [0, 0.1) is 27.7 Å². The van der Waals surface area contributed by atoms with Crippen LogP contribution in [0.25, 0.3) is 21.7 Å². The minimum atomic E-state index is -2.73. The highest BCUT2D eigenvalue weighted by molar-refractivity contribution is 14.2. The van der Waals surface area contributed by atoms with Gasteiger partial charge < -0.3 is 10.6 Å². The second kappa shape index (κ2) is 11.6. The topological polar surface area (TPSA) is 93.4 Å². The Hall–Kier alpha value is -2.48. The highest BCUT2D eigenvalue weighted by atomic mass is 127. The van der Waals surface area contributed by atoms with Crippen molar-refractivity contribution >= 4 is 85.7 Å². The number of aryl methyl sites for hydroxylation is 4. The van der Waals surface area contributed by atoms with Crippen LogP contribution in [0.5, 0.6) is 0 Å². The van der Waals surface area contributed by atoms with E-state index in [-0.39, 0.29) is 12.2 Å². The van der Waals surface area contributed by atoms with E-state index in [1.54, 1.807) is 35.4 Å². The normalized spacial score (nSPS) is 11.8. The van der Waals surface area contributed by atoms with E-state index in [0.29, 0.717) is 28.5 Å². The van der Waals surface area contributed by atoms with Gasteiger partial charge in [0.25, 0.3) is 6.43 Å². The summed E-state index contributed by atoms with van der Waals surface area (Å²) in [5.74, 6) is 0.637. The van der Waals surface area contributed by atoms with Gasteiger partial charge in [0, 0.05) is 21.4 Å². The molecule has 0 bridgehead atoms. The van der Waals surface area contributed by atoms with E-state index in [1.165, 1.54) is 9.21 Å². The zero-order chi connectivity index (χ0) is 27.8. The number of pyridine rings is 1. The zero-order valence-electron chi connectivity index (χ0n) is 21.6. The Morgan fingerprint density at radius 1 is 0.949 bits per heavy atom. The molecule has 8 nitrogen and oxygen atoms in total. The molecule has 1 unspecified atom stereocenters. The SMILES string of the molecule is CSc1cc(-c2nc(C)c(C)s2)ccc1Nc1cc(Nc2cnc(C)c(C)n2)nc2c1nc(C(F)F)n2PI. The number of fused-ring (bicyclic) bond motifs is 1. The minimum Gasteiger partial charge on any atom is -0.353 e. The monoisotopic (exact) mass is 696 g/mol. The lowest BCUT2D eigenvalue weighted by atomic mass is 10.2. The molecule has 0 fully saturated rings. The van der Waals surface area contributed by atoms with Gasteiger partial charge in [0.15, 0.2) is 11.5 Å². The van der Waals surface area contributed by atoms with Crippen LogP contribution < -0.4 is 10.6 Å². The number of halogens is 3. The number of thiazole rings is 1. The molecule has 4 heterocycles. The fourth-order valence-corrected chi connectivity index (χ4v) is 7.25. The summed E-state index contributed by atoms with van der Waals surface area (Å²) < 4.78 is 29.3. The number of benzene rings is 1. The third kappa shape index (κ3) is 5.72. The molecule has 0 radical (unpaired) electrons. The molecule has 5 rings (SSSR count). The zero-order valence-corrected chi connectivity index (χ0v) is 26.4. The van der Waals surface area contributed by atoms with Crippen molar-refractivity contribution in [3.63, 3.8) is 0 Å². The average Bonchev–Trinajstić information content (AvgIpc) is 3.46. The molecule has 0 aliphatic heterocycles. The number of nitrogens with one attached hydrogen (secondary N) is 2. The van der Waals surface area contributed by atoms with Crippen molar-refractivity contribution in [2.45, 2.75) is 39.0 Å². The van der Waals surface area contributed by atoms with Crippen molar-refractivity contribution in [1.29, 1.82) is 0 Å². The quantitative estimate of drug-likeness (QED) is 0.0948. The predicted octanol–water partition coefficient (Wildman–Crippen LogP) is 8.52. The molecule has 0 aliphatic carbocycles. The van der Waals surface area contributed by atoms with Crippen LogP contribution in [-0.4, -0.2) is 35.5 Å². The largest absolute Gasteiger partial charge is 0.353 e. The Balaban J connectivity index is 1.60. The fraction of sp³-hybridized carbons (Fsp3) is 0.240. The Morgan fingerprint density at radius 3 is 2.38 bits per heavy atom. The van der Waals surface area contributed by atoms with Crippen molar-refractivity contribution in [3.8, 4) is 10.6 Å². The van der Waals surface area contributed by atoms with Crippen molar-refractivity contribution in [2.24, 2.45) is 0 Å². The lowest BCUT2D eigenvalue weighted by Crippen LogP contribution is -2.02. The summed E-state index contributed by atoms with van der Waals surface area (Å²) in [4.78, 5) is 24.7. The van der Waals surface area contributed by atoms with E-state index in [2.05, 4.69) is 70.6 Å². The molecule has 2 N–H and O–H groups in total. The van der Waals surface area contributed by atoms with E-state index in [4.69, 9.17) is 0 Å². The first-order valence-electron chi connectivity index (χ1n) is 11.7. The highest BCUT2D eigenvalue weighted by Crippen LogP contribution is 2.40. The Bertz CT molecular complexity index is 1670. The number of thioether (sulfide) groups is 1. The maximum Gasteiger partial charge on any atom is 0.295 e. The van der Waals surface area contributed by atoms with Gasteiger partial charge in [-0.2, -0.15) is 0 Å². The summed E-state index contributed by atoms with van der Waals surface area (Å²) >= 11 is 5.31. The Labute approximate surface area is 247 Å². The molecule has 0 saturated heterocycles. The van der Waals surface area contributed by atoms with E-state index >= 15 is 0 Å². The first-order valence-corrected chi connectivity index (χ1v) is 17.8. The maximum absolute atomic E-state index is 13.9. The third-order valence-electron chi connectivity index (χ3n) is 6.12. The lowest BCUT2D eigenvalue weighted by molar-refractivity contribution is 0.140. The van der Waals surface area contributed by atoms with E-state index in [9.17, 15) is 8.78 Å². The van der Waals surface area contributed by atoms with Gasteiger partial charge in [0.05, 0.1) is 41.0 Å². The van der Waals surface area contributed by atoms with E-state index in [0.717, 1.165) is 38.2 Å². The molecule has 0 saturated carbocycles. The van der Waals surface area contributed by atoms with Crippen LogP contribution in [0.1, 0.15) is 34.2 Å². The van der Waals surface area contributed by atoms with Crippen molar-refractivity contribution in [3.05, 3.63) is 58.2 Å². The molecule has 1 aromatic carbocycles. The third-order valence-corrected chi connectivity index (χ3v) is 10.1. The van der Waals surface area contributed by atoms with E-state index < -0.39 is 6.43 Å². The second-order valence-electron chi connectivity index (χ2n) is 8.67. The highest BCUT2D eigenvalue weighted by Gasteiger charge is 2.23. The second-order valence-corrected chi connectivity index (χ2v) is 12.8. The predicted molar refractivity (Wildman–Crippen MR) is 167 cm³/mol. The number of aromatic nitrogens is 6. The van der Waals surface area contributed by atoms with Gasteiger partial charge in [-0.3, -0.25) is 9.32 Å². The van der Waals surface area contributed by atoms with Gasteiger partial charge in [0.1, 0.15) is 22.2 Å². The van der Waals surface area contributed by atoms with Crippen molar-refractivity contribution < 1.29 is 8.78 Å². The van der Waals surface area contributed by atoms with Crippen LogP contribution in [0.4, 0.5) is 31.8 Å². The average molecular weight is 697 g/mol. The Kier molecular flexibility index (Phi) is 8.32. The summed E-state index contributed by atoms with van der Waals surface area (Å²) in [6.45, 7) is 7.83. The maximum atomic E-state index is 13.9. The summed E-state index contributed by atoms with van der Waals surface area (Å²) in [6, 6.07) is 7.83. The molecule has 202 valence electrons. The summed E-state index contributed by atoms with van der Waals surface area (Å²) in [7, 11) is 0. The Morgan fingerprint density at radius 2 is 1.74 bits per heavy atom. The smallest absolute Gasteiger partial charge is 0.295 e. The van der Waals surface area contributed by atoms with Crippen LogP contribution in [-0.2, 0) is 0 Å². The molecule has 14 heteroatoms. The van der Waals surface area contributed by atoms with Gasteiger partial charge in [-0.15, -0.1) is 23.1 Å². The fourth-order valence-electron chi connectivity index (χ4n) is 3.86. The van der Waals surface area contributed by atoms with Gasteiger partial charge >= 0.3 is 0 Å². The van der Waals surface area contributed by atoms with Crippen molar-refractivity contribution in [2.75, 3.05) is 16.9 Å². The molecule has 0 spiro atoms. The number of nitrogens with zero attached hydrogens (tertiary/aromatic N) is 6. The number of anilines is 4. The van der Waals surface area contributed by atoms with Gasteiger partial charge in [-0.05, 0) is 74.2 Å². The van der Waals surface area contributed by atoms with Crippen LogP contribution in [0.3, 0.4) is 0 Å². The molecular weight excluding hydrogens is 672 g/mol. The van der Waals surface area contributed by atoms with Gasteiger partial charge in [-0.25, -0.2) is 28.7 Å². The molecule has 4 aromatic heterocycles. The molecular formula is C25H24F2IN8PS2. The van der Waals surface area contributed by atoms with E-state index in [1.807, 2.05) is 39.2 Å². The lowest BCUT2D eigenvalue weighted by Gasteiger charge is -2.14. The molecule has 39 heavy (non-hydrogen) atoms. The van der Waals surface area contributed by atoms with Crippen LogP contribution in [0.15, 0.2) is 35.4 Å². The first kappa shape index (κ1) is 28.1.